The number of rotatable bonds is 40. The third kappa shape index (κ3) is 30.6. The maximum atomic E-state index is 12.2. The monoisotopic (exact) mass is 861 g/mol. The average Bonchev–Trinajstić information content (AvgIpc) is 3.23. The lowest BCUT2D eigenvalue weighted by Gasteiger charge is -2.32. The molecule has 0 aromatic carbocycles. The number of nitrogens with zero attached hydrogens (tertiary/aromatic N) is 3. The van der Waals surface area contributed by atoms with Crippen LogP contribution < -0.4 is 16.0 Å². The summed E-state index contributed by atoms with van der Waals surface area (Å²) in [5.74, 6) is -1.41. The molecule has 0 saturated heterocycles. The van der Waals surface area contributed by atoms with Gasteiger partial charge in [-0.15, -0.1) is 0 Å². The van der Waals surface area contributed by atoms with E-state index >= 15 is 0 Å². The van der Waals surface area contributed by atoms with Gasteiger partial charge in [-0.25, -0.2) is 0 Å². The molecule has 0 aliphatic carbocycles. The SMILES string of the molecule is CCCCN(C)C(=O)COCC(=O)NCCCOCC(CC)(COCCCNC(=O)COCC(=O)N(C)CCCC)COCCCNC(=O)COCC(=O)N(C)CCCC. The van der Waals surface area contributed by atoms with Gasteiger partial charge in [0.25, 0.3) is 0 Å². The zero-order chi connectivity index (χ0) is 44.9. The molecule has 0 atom stereocenters. The second-order valence-corrected chi connectivity index (χ2v) is 15.1. The van der Waals surface area contributed by atoms with Crippen LogP contribution in [0.5, 0.6) is 0 Å². The Morgan fingerprint density at radius 2 is 0.700 bits per heavy atom. The Bertz CT molecular complexity index is 1040. The number of ether oxygens (including phenoxy) is 6. The summed E-state index contributed by atoms with van der Waals surface area (Å²) in [4.78, 5) is 77.6. The minimum atomic E-state index is -0.476. The van der Waals surface area contributed by atoms with Crippen LogP contribution >= 0.6 is 0 Å². The van der Waals surface area contributed by atoms with Crippen LogP contribution in [0.1, 0.15) is 91.9 Å². The van der Waals surface area contributed by atoms with Crippen molar-refractivity contribution in [2.75, 3.05) is 140 Å². The minimum absolute atomic E-state index is 0.144. The normalized spacial score (nSPS) is 11.2. The van der Waals surface area contributed by atoms with Gasteiger partial charge in [0.05, 0.1) is 19.8 Å². The molecule has 60 heavy (non-hydrogen) atoms. The number of carbonyl (C=O) groups excluding carboxylic acids is 6. The first-order valence-electron chi connectivity index (χ1n) is 21.8. The Hall–Kier alpha value is -3.42. The van der Waals surface area contributed by atoms with Crippen molar-refractivity contribution in [3.8, 4) is 0 Å². The van der Waals surface area contributed by atoms with E-state index in [4.69, 9.17) is 28.4 Å². The highest BCUT2D eigenvalue weighted by Gasteiger charge is 2.30. The summed E-state index contributed by atoms with van der Waals surface area (Å²) < 4.78 is 34.0. The summed E-state index contributed by atoms with van der Waals surface area (Å²) >= 11 is 0. The Morgan fingerprint density at radius 1 is 0.417 bits per heavy atom. The number of hydrogen-bond donors (Lipinski definition) is 3. The standard InChI is InChI=1S/C42H80N6O12/c1-8-12-21-46(5)39(52)30-58-27-36(49)43-18-15-24-55-33-42(11-4,34-56-25-16-19-44-37(50)28-59-31-40(53)47(6)22-13-9-2)35-57-26-17-20-45-38(51)29-60-32-41(54)48(7)23-14-10-3/h8-35H2,1-7H3,(H,43,49)(H,44,50)(H,45,51). The van der Waals surface area contributed by atoms with Crippen LogP contribution in [0.2, 0.25) is 0 Å². The zero-order valence-corrected chi connectivity index (χ0v) is 38.0. The second kappa shape index (κ2) is 37.4. The molecule has 0 aromatic heterocycles. The molecular weight excluding hydrogens is 780 g/mol. The molecule has 18 heteroatoms. The maximum absolute atomic E-state index is 12.2. The third-order valence-electron chi connectivity index (χ3n) is 9.53. The smallest absolute Gasteiger partial charge is 0.248 e. The van der Waals surface area contributed by atoms with E-state index in [0.29, 0.717) is 105 Å². The van der Waals surface area contributed by atoms with Crippen LogP contribution in [0.15, 0.2) is 0 Å². The highest BCUT2D eigenvalue weighted by Crippen LogP contribution is 2.24. The summed E-state index contributed by atoms with van der Waals surface area (Å²) in [7, 11) is 5.16. The third-order valence-corrected chi connectivity index (χ3v) is 9.53. The topological polar surface area (TPSA) is 204 Å². The van der Waals surface area contributed by atoms with Crippen molar-refractivity contribution in [2.45, 2.75) is 91.9 Å². The molecule has 0 aromatic rings. The van der Waals surface area contributed by atoms with Gasteiger partial charge < -0.3 is 59.1 Å². The highest BCUT2D eigenvalue weighted by atomic mass is 16.5. The number of likely N-dealkylation sites (N-methyl/N-ethyl adjacent to an activating group) is 3. The van der Waals surface area contributed by atoms with E-state index < -0.39 is 5.41 Å². The van der Waals surface area contributed by atoms with E-state index in [9.17, 15) is 28.8 Å². The molecule has 6 amide bonds. The van der Waals surface area contributed by atoms with Gasteiger partial charge in [0, 0.05) is 85.6 Å². The molecule has 18 nitrogen and oxygen atoms in total. The molecule has 0 spiro atoms. The molecule has 350 valence electrons. The number of amides is 6. The van der Waals surface area contributed by atoms with Gasteiger partial charge in [-0.1, -0.05) is 47.0 Å². The van der Waals surface area contributed by atoms with E-state index in [0.717, 1.165) is 38.5 Å². The molecule has 0 radical (unpaired) electrons. The molecule has 0 bridgehead atoms. The van der Waals surface area contributed by atoms with E-state index in [1.54, 1.807) is 35.8 Å². The molecule has 0 aliphatic rings. The molecule has 0 fully saturated rings. The first-order valence-corrected chi connectivity index (χ1v) is 21.8. The molecular formula is C42H80N6O12. The largest absolute Gasteiger partial charge is 0.381 e. The lowest BCUT2D eigenvalue weighted by molar-refractivity contribution is -0.138. The van der Waals surface area contributed by atoms with Gasteiger partial charge >= 0.3 is 0 Å². The van der Waals surface area contributed by atoms with Gasteiger partial charge in [0.1, 0.15) is 39.6 Å². The fourth-order valence-corrected chi connectivity index (χ4v) is 5.24. The van der Waals surface area contributed by atoms with E-state index in [1.807, 2.05) is 6.92 Å². The molecule has 3 N–H and O–H groups in total. The van der Waals surface area contributed by atoms with Gasteiger partial charge in [0.2, 0.25) is 35.4 Å². The zero-order valence-electron chi connectivity index (χ0n) is 38.0. The Labute approximate surface area is 359 Å². The van der Waals surface area contributed by atoms with Gasteiger partial charge in [0.15, 0.2) is 0 Å². The predicted octanol–water partition coefficient (Wildman–Crippen LogP) is 1.78. The van der Waals surface area contributed by atoms with E-state index in [1.165, 1.54) is 0 Å². The molecule has 0 aliphatic heterocycles. The van der Waals surface area contributed by atoms with Crippen molar-refractivity contribution in [3.63, 3.8) is 0 Å². The van der Waals surface area contributed by atoms with Crippen LogP contribution in [-0.4, -0.2) is 190 Å². The highest BCUT2D eigenvalue weighted by molar-refractivity contribution is 5.80. The Morgan fingerprint density at radius 3 is 0.950 bits per heavy atom. The number of hydrogen-bond acceptors (Lipinski definition) is 12. The second-order valence-electron chi connectivity index (χ2n) is 15.1. The van der Waals surface area contributed by atoms with Crippen LogP contribution in [0.3, 0.4) is 0 Å². The van der Waals surface area contributed by atoms with Crippen LogP contribution in [0.25, 0.3) is 0 Å². The molecule has 0 rings (SSSR count). The van der Waals surface area contributed by atoms with Gasteiger partial charge in [-0.2, -0.15) is 0 Å². The maximum Gasteiger partial charge on any atom is 0.248 e. The first kappa shape index (κ1) is 56.6. The lowest BCUT2D eigenvalue weighted by atomic mass is 9.88. The molecule has 0 saturated carbocycles. The van der Waals surface area contributed by atoms with Crippen LogP contribution in [0, 0.1) is 5.41 Å². The van der Waals surface area contributed by atoms with Gasteiger partial charge in [-0.05, 0) is 44.9 Å². The summed E-state index contributed by atoms with van der Waals surface area (Å²) in [6.07, 6.45) is 8.06. The Balaban J connectivity index is 4.74. The average molecular weight is 861 g/mol. The quantitative estimate of drug-likeness (QED) is 0.0756. The number of unbranched alkanes of at least 4 members (excludes halogenated alkanes) is 3. The van der Waals surface area contributed by atoms with Crippen molar-refractivity contribution >= 4 is 35.4 Å². The summed E-state index contributed by atoms with van der Waals surface area (Å²) in [6.45, 7) is 12.4. The van der Waals surface area contributed by atoms with E-state index in [-0.39, 0.29) is 75.1 Å². The summed E-state index contributed by atoms with van der Waals surface area (Å²) in [6, 6.07) is 0. The number of nitrogens with one attached hydrogen (secondary N) is 3. The van der Waals surface area contributed by atoms with Crippen LogP contribution in [0.4, 0.5) is 0 Å². The fraction of sp³-hybridized carbons (Fsp3) is 0.857. The molecule has 0 heterocycles. The van der Waals surface area contributed by atoms with E-state index in [2.05, 4.69) is 36.7 Å². The number of carbonyl (C=O) groups is 6. The van der Waals surface area contributed by atoms with Crippen molar-refractivity contribution in [1.82, 2.24) is 30.7 Å². The van der Waals surface area contributed by atoms with Crippen LogP contribution in [-0.2, 0) is 57.2 Å². The lowest BCUT2D eigenvalue weighted by Crippen LogP contribution is -2.38. The minimum Gasteiger partial charge on any atom is -0.381 e. The summed E-state index contributed by atoms with van der Waals surface area (Å²) in [5.41, 5.74) is -0.476. The summed E-state index contributed by atoms with van der Waals surface area (Å²) in [5, 5.41) is 8.34. The first-order chi connectivity index (χ1) is 28.8. The van der Waals surface area contributed by atoms with Crippen molar-refractivity contribution in [2.24, 2.45) is 5.41 Å². The Kier molecular flexibility index (Phi) is 35.2. The van der Waals surface area contributed by atoms with Crippen molar-refractivity contribution in [1.29, 1.82) is 0 Å². The predicted molar refractivity (Wildman–Crippen MR) is 228 cm³/mol. The molecule has 0 unspecified atom stereocenters. The fourth-order valence-electron chi connectivity index (χ4n) is 5.24. The van der Waals surface area contributed by atoms with Crippen molar-refractivity contribution < 1.29 is 57.2 Å². The van der Waals surface area contributed by atoms with Gasteiger partial charge in [-0.3, -0.25) is 28.8 Å². The van der Waals surface area contributed by atoms with Crippen molar-refractivity contribution in [3.05, 3.63) is 0 Å².